The first kappa shape index (κ1) is 10.2. The normalized spacial score (nSPS) is 11.2. The third-order valence-corrected chi connectivity index (χ3v) is 1.71. The van der Waals surface area contributed by atoms with Crippen LogP contribution in [-0.2, 0) is 6.42 Å². The summed E-state index contributed by atoms with van der Waals surface area (Å²) in [6.45, 7) is 4.20. The topological polar surface area (TPSA) is 53.4 Å². The SMILES string of the molecule is CC(C)Cc1cccc(C(O)O)n1. The third-order valence-electron chi connectivity index (χ3n) is 1.71. The highest BCUT2D eigenvalue weighted by Gasteiger charge is 2.05. The number of hydrogen-bond donors (Lipinski definition) is 2. The first-order valence-electron chi connectivity index (χ1n) is 4.41. The Kier molecular flexibility index (Phi) is 3.39. The van der Waals surface area contributed by atoms with Gasteiger partial charge in [-0.3, -0.25) is 4.98 Å². The maximum atomic E-state index is 8.88. The number of pyridine rings is 1. The Morgan fingerprint density at radius 1 is 1.31 bits per heavy atom. The van der Waals surface area contributed by atoms with E-state index < -0.39 is 6.29 Å². The fourth-order valence-electron chi connectivity index (χ4n) is 1.17. The molecule has 0 atom stereocenters. The predicted molar refractivity (Wildman–Crippen MR) is 50.0 cm³/mol. The van der Waals surface area contributed by atoms with Gasteiger partial charge in [0, 0.05) is 5.69 Å². The van der Waals surface area contributed by atoms with Gasteiger partial charge in [-0.2, -0.15) is 0 Å². The van der Waals surface area contributed by atoms with Crippen LogP contribution in [0.4, 0.5) is 0 Å². The second kappa shape index (κ2) is 4.35. The van der Waals surface area contributed by atoms with E-state index in [1.54, 1.807) is 12.1 Å². The van der Waals surface area contributed by atoms with E-state index in [0.29, 0.717) is 11.6 Å². The van der Waals surface area contributed by atoms with Crippen LogP contribution in [-0.4, -0.2) is 15.2 Å². The maximum absolute atomic E-state index is 8.88. The smallest absolute Gasteiger partial charge is 0.196 e. The maximum Gasteiger partial charge on any atom is 0.196 e. The summed E-state index contributed by atoms with van der Waals surface area (Å²) < 4.78 is 0. The van der Waals surface area contributed by atoms with E-state index in [-0.39, 0.29) is 0 Å². The van der Waals surface area contributed by atoms with Crippen LogP contribution in [0.3, 0.4) is 0 Å². The van der Waals surface area contributed by atoms with Crippen molar-refractivity contribution in [1.29, 1.82) is 0 Å². The van der Waals surface area contributed by atoms with Crippen LogP contribution >= 0.6 is 0 Å². The second-order valence-electron chi connectivity index (χ2n) is 3.53. The van der Waals surface area contributed by atoms with E-state index in [1.165, 1.54) is 0 Å². The molecule has 1 heterocycles. The van der Waals surface area contributed by atoms with Crippen LogP contribution in [0, 0.1) is 5.92 Å². The van der Waals surface area contributed by atoms with Crippen molar-refractivity contribution in [2.45, 2.75) is 26.6 Å². The standard InChI is InChI=1S/C10H15NO2/c1-7(2)6-8-4-3-5-9(11-8)10(12)13/h3-5,7,10,12-13H,6H2,1-2H3. The molecule has 3 heteroatoms. The molecule has 1 rings (SSSR count). The van der Waals surface area contributed by atoms with Crippen molar-refractivity contribution in [2.75, 3.05) is 0 Å². The Labute approximate surface area is 78.1 Å². The number of rotatable bonds is 3. The largest absolute Gasteiger partial charge is 0.363 e. The van der Waals surface area contributed by atoms with Gasteiger partial charge in [0.05, 0.1) is 5.69 Å². The molecule has 13 heavy (non-hydrogen) atoms. The van der Waals surface area contributed by atoms with Crippen molar-refractivity contribution in [3.8, 4) is 0 Å². The van der Waals surface area contributed by atoms with E-state index in [1.807, 2.05) is 6.07 Å². The zero-order chi connectivity index (χ0) is 9.84. The van der Waals surface area contributed by atoms with Crippen LogP contribution in [0.15, 0.2) is 18.2 Å². The lowest BCUT2D eigenvalue weighted by Gasteiger charge is -2.07. The molecule has 0 saturated carbocycles. The molecule has 1 aromatic rings. The van der Waals surface area contributed by atoms with Crippen molar-refractivity contribution in [2.24, 2.45) is 5.92 Å². The van der Waals surface area contributed by atoms with Gasteiger partial charge in [-0.15, -0.1) is 0 Å². The van der Waals surface area contributed by atoms with E-state index in [2.05, 4.69) is 18.8 Å². The van der Waals surface area contributed by atoms with Gasteiger partial charge >= 0.3 is 0 Å². The minimum absolute atomic E-state index is 0.318. The highest BCUT2D eigenvalue weighted by atomic mass is 16.5. The van der Waals surface area contributed by atoms with E-state index >= 15 is 0 Å². The molecule has 0 aliphatic heterocycles. The molecule has 2 N–H and O–H groups in total. The summed E-state index contributed by atoms with van der Waals surface area (Å²) in [5.74, 6) is 0.526. The van der Waals surface area contributed by atoms with Gasteiger partial charge < -0.3 is 10.2 Å². The first-order valence-corrected chi connectivity index (χ1v) is 4.41. The molecule has 0 unspecified atom stereocenters. The predicted octanol–water partition coefficient (Wildman–Crippen LogP) is 1.26. The number of aromatic nitrogens is 1. The third kappa shape index (κ3) is 3.13. The van der Waals surface area contributed by atoms with Crippen LogP contribution in [0.1, 0.15) is 31.5 Å². The van der Waals surface area contributed by atoms with E-state index in [9.17, 15) is 0 Å². The van der Waals surface area contributed by atoms with Gasteiger partial charge in [-0.1, -0.05) is 19.9 Å². The molecule has 0 fully saturated rings. The van der Waals surface area contributed by atoms with E-state index in [0.717, 1.165) is 12.1 Å². The molecule has 3 nitrogen and oxygen atoms in total. The highest BCUT2D eigenvalue weighted by molar-refractivity contribution is 5.12. The molecule has 0 aliphatic carbocycles. The second-order valence-corrected chi connectivity index (χ2v) is 3.53. The number of aliphatic hydroxyl groups excluding tert-OH is 1. The Morgan fingerprint density at radius 3 is 2.54 bits per heavy atom. The summed E-state index contributed by atoms with van der Waals surface area (Å²) in [4.78, 5) is 4.11. The van der Waals surface area contributed by atoms with Crippen LogP contribution < -0.4 is 0 Å². The minimum Gasteiger partial charge on any atom is -0.363 e. The van der Waals surface area contributed by atoms with Crippen molar-refractivity contribution in [3.63, 3.8) is 0 Å². The number of nitrogens with zero attached hydrogens (tertiary/aromatic N) is 1. The van der Waals surface area contributed by atoms with Gasteiger partial charge in [0.25, 0.3) is 0 Å². The first-order chi connectivity index (χ1) is 6.09. The van der Waals surface area contributed by atoms with Crippen molar-refractivity contribution < 1.29 is 10.2 Å². The number of hydrogen-bond acceptors (Lipinski definition) is 3. The van der Waals surface area contributed by atoms with Crippen molar-refractivity contribution >= 4 is 0 Å². The molecule has 1 aromatic heterocycles. The molecule has 0 spiro atoms. The van der Waals surface area contributed by atoms with Gasteiger partial charge in [-0.25, -0.2) is 0 Å². The molecule has 0 bridgehead atoms. The molecule has 0 saturated heterocycles. The molecule has 0 radical (unpaired) electrons. The molecule has 0 aliphatic rings. The summed E-state index contributed by atoms with van der Waals surface area (Å²) in [6, 6.07) is 5.29. The van der Waals surface area contributed by atoms with Gasteiger partial charge in [0.1, 0.15) is 0 Å². The Bertz CT molecular complexity index is 271. The van der Waals surface area contributed by atoms with Gasteiger partial charge in [0.15, 0.2) is 6.29 Å². The molecular formula is C10H15NO2. The van der Waals surface area contributed by atoms with Crippen LogP contribution in [0.2, 0.25) is 0 Å². The molecule has 72 valence electrons. The quantitative estimate of drug-likeness (QED) is 0.690. The fourth-order valence-corrected chi connectivity index (χ4v) is 1.17. The zero-order valence-electron chi connectivity index (χ0n) is 7.94. The monoisotopic (exact) mass is 181 g/mol. The Morgan fingerprint density at radius 2 is 2.00 bits per heavy atom. The summed E-state index contributed by atoms with van der Waals surface area (Å²) >= 11 is 0. The summed E-state index contributed by atoms with van der Waals surface area (Å²) in [6.07, 6.45) is -0.604. The fraction of sp³-hybridized carbons (Fsp3) is 0.500. The Balaban J connectivity index is 2.79. The lowest BCUT2D eigenvalue weighted by atomic mass is 10.1. The van der Waals surface area contributed by atoms with Gasteiger partial charge in [-0.05, 0) is 24.5 Å². The average molecular weight is 181 g/mol. The van der Waals surface area contributed by atoms with Gasteiger partial charge in [0.2, 0.25) is 0 Å². The molecule has 0 aromatic carbocycles. The van der Waals surface area contributed by atoms with E-state index in [4.69, 9.17) is 10.2 Å². The van der Waals surface area contributed by atoms with Crippen LogP contribution in [0.5, 0.6) is 0 Å². The molecule has 0 amide bonds. The van der Waals surface area contributed by atoms with Crippen molar-refractivity contribution in [3.05, 3.63) is 29.6 Å². The highest BCUT2D eigenvalue weighted by Crippen LogP contribution is 2.10. The average Bonchev–Trinajstić information content (AvgIpc) is 2.03. The lowest BCUT2D eigenvalue weighted by Crippen LogP contribution is -2.03. The Hall–Kier alpha value is -0.930. The zero-order valence-corrected chi connectivity index (χ0v) is 7.94. The molecular weight excluding hydrogens is 166 g/mol. The number of aliphatic hydroxyl groups is 2. The lowest BCUT2D eigenvalue weighted by molar-refractivity contribution is -0.0459. The summed E-state index contributed by atoms with van der Waals surface area (Å²) in [5.41, 5.74) is 1.22. The summed E-state index contributed by atoms with van der Waals surface area (Å²) in [5, 5.41) is 17.8. The summed E-state index contributed by atoms with van der Waals surface area (Å²) in [7, 11) is 0. The van der Waals surface area contributed by atoms with Crippen molar-refractivity contribution in [1.82, 2.24) is 4.98 Å². The minimum atomic E-state index is -1.47. The van der Waals surface area contributed by atoms with Crippen LogP contribution in [0.25, 0.3) is 0 Å².